The van der Waals surface area contributed by atoms with Crippen molar-refractivity contribution in [3.05, 3.63) is 26.0 Å². The van der Waals surface area contributed by atoms with Crippen molar-refractivity contribution in [3.63, 3.8) is 0 Å². The zero-order valence-electron chi connectivity index (χ0n) is 33.8. The number of amides is 2. The number of carbonyl (C=O) groups excluding carboxylic acids is 2. The van der Waals surface area contributed by atoms with Crippen molar-refractivity contribution in [3.8, 4) is 5.75 Å². The van der Waals surface area contributed by atoms with Gasteiger partial charge in [0.25, 0.3) is 5.43 Å². The minimum absolute atomic E-state index is 0.00108. The maximum Gasteiger partial charge on any atom is 0.268 e. The molecule has 0 aliphatic carbocycles. The molecule has 56 heavy (non-hydrogen) atoms. The van der Waals surface area contributed by atoms with Gasteiger partial charge in [-0.15, -0.1) is 0 Å². The van der Waals surface area contributed by atoms with Crippen LogP contribution in [0.5, 0.6) is 5.75 Å². The molecule has 3 aliphatic rings. The minimum Gasteiger partial charge on any atom is -0.492 e. The van der Waals surface area contributed by atoms with E-state index in [2.05, 4.69) is 10.6 Å². The monoisotopic (exact) mass is 806 g/mol. The summed E-state index contributed by atoms with van der Waals surface area (Å²) in [5.41, 5.74) is -1.23. The Hall–Kier alpha value is -2.70. The summed E-state index contributed by atoms with van der Waals surface area (Å²) >= 11 is 0. The molecule has 0 spiro atoms. The molecule has 7 unspecified atom stereocenters. The van der Waals surface area contributed by atoms with Crippen LogP contribution in [-0.4, -0.2) is 181 Å². The minimum atomic E-state index is -1.12. The zero-order valence-corrected chi connectivity index (χ0v) is 33.8. The zero-order chi connectivity index (χ0) is 41.3. The van der Waals surface area contributed by atoms with Crippen LogP contribution in [0.25, 0.3) is 0 Å². The molecule has 2 N–H and O–H groups in total. The highest BCUT2D eigenvalue weighted by Gasteiger charge is 2.55. The Balaban J connectivity index is 1.55. The first-order valence-corrected chi connectivity index (χ1v) is 18.2. The van der Waals surface area contributed by atoms with Crippen molar-refractivity contribution in [2.75, 3.05) is 77.2 Å². The van der Waals surface area contributed by atoms with Crippen molar-refractivity contribution in [1.82, 2.24) is 10.6 Å². The Morgan fingerprint density at radius 2 is 1.11 bits per heavy atom. The van der Waals surface area contributed by atoms with Gasteiger partial charge in [-0.3, -0.25) is 19.2 Å². The molecule has 0 radical (unpaired) electrons. The Kier molecular flexibility index (Phi) is 17.5. The van der Waals surface area contributed by atoms with Gasteiger partial charge in [-0.2, -0.15) is 0 Å². The van der Waals surface area contributed by atoms with Gasteiger partial charge in [0.15, 0.2) is 24.6 Å². The van der Waals surface area contributed by atoms with Crippen LogP contribution in [0.1, 0.15) is 25.8 Å². The molecule has 1 aromatic rings. The number of methoxy groups -OCH3 is 9. The molecule has 4 rings (SSSR count). The summed E-state index contributed by atoms with van der Waals surface area (Å²) in [7, 11) is 13.2. The van der Waals surface area contributed by atoms with Crippen LogP contribution >= 0.6 is 0 Å². The van der Waals surface area contributed by atoms with Gasteiger partial charge in [0.05, 0.1) is 38.0 Å². The number of hydrogen-bond acceptors (Lipinski definition) is 18. The van der Waals surface area contributed by atoms with Crippen LogP contribution in [0.15, 0.2) is 9.59 Å². The van der Waals surface area contributed by atoms with Crippen molar-refractivity contribution >= 4 is 11.8 Å². The van der Waals surface area contributed by atoms with Crippen LogP contribution in [0, 0.1) is 0 Å². The molecule has 0 bridgehead atoms. The van der Waals surface area contributed by atoms with Gasteiger partial charge < -0.3 is 76.9 Å². The third-order valence-electron chi connectivity index (χ3n) is 10.3. The van der Waals surface area contributed by atoms with E-state index >= 15 is 0 Å². The molecular formula is C36H58N2O18. The summed E-state index contributed by atoms with van der Waals surface area (Å²) in [6.45, 7) is 3.25. The lowest BCUT2D eigenvalue weighted by molar-refractivity contribution is -0.374. The van der Waals surface area contributed by atoms with Crippen LogP contribution < -0.4 is 26.2 Å². The van der Waals surface area contributed by atoms with Crippen molar-refractivity contribution in [1.29, 1.82) is 0 Å². The summed E-state index contributed by atoms with van der Waals surface area (Å²) in [5, 5.41) is 5.67. The number of carbonyl (C=O) groups is 2. The highest BCUT2D eigenvalue weighted by Crippen LogP contribution is 2.36. The highest BCUT2D eigenvalue weighted by atomic mass is 16.8. The summed E-state index contributed by atoms with van der Waals surface area (Å²) in [6.07, 6.45) is -12.1. The lowest BCUT2D eigenvalue weighted by Crippen LogP contribution is -2.69. The van der Waals surface area contributed by atoms with Gasteiger partial charge in [-0.25, -0.2) is 0 Å². The van der Waals surface area contributed by atoms with Gasteiger partial charge in [0.1, 0.15) is 61.0 Å². The highest BCUT2D eigenvalue weighted by molar-refractivity contribution is 5.76. The fourth-order valence-electron chi connectivity index (χ4n) is 7.70. The van der Waals surface area contributed by atoms with Gasteiger partial charge in [0.2, 0.25) is 17.2 Å². The van der Waals surface area contributed by atoms with Gasteiger partial charge >= 0.3 is 0 Å². The predicted octanol–water partition coefficient (Wildman–Crippen LogP) is -1.81. The molecule has 3 fully saturated rings. The average molecular weight is 807 g/mol. The smallest absolute Gasteiger partial charge is 0.268 e. The number of nitrogens with one attached hydrogen (secondary N) is 2. The van der Waals surface area contributed by atoms with E-state index in [9.17, 15) is 19.2 Å². The van der Waals surface area contributed by atoms with Crippen LogP contribution in [0.4, 0.5) is 0 Å². The van der Waals surface area contributed by atoms with Crippen molar-refractivity contribution in [2.24, 2.45) is 0 Å². The summed E-state index contributed by atoms with van der Waals surface area (Å²) < 4.78 is 83.7. The normalized spacial score (nSPS) is 36.3. The van der Waals surface area contributed by atoms with Gasteiger partial charge in [-0.05, 0) is 13.3 Å². The second-order valence-electron chi connectivity index (χ2n) is 13.6. The van der Waals surface area contributed by atoms with E-state index in [-0.39, 0.29) is 43.3 Å². The first-order chi connectivity index (χ1) is 26.9. The second kappa shape index (κ2) is 21.3. The molecule has 3 aliphatic heterocycles. The van der Waals surface area contributed by atoms with E-state index in [0.717, 1.165) is 0 Å². The molecule has 20 nitrogen and oxygen atoms in total. The lowest BCUT2D eigenvalue weighted by atomic mass is 9.94. The number of ether oxygens (including phenoxy) is 14. The first-order valence-electron chi connectivity index (χ1n) is 18.2. The largest absolute Gasteiger partial charge is 0.492 e. The maximum atomic E-state index is 13.1. The Morgan fingerprint density at radius 1 is 0.607 bits per heavy atom. The fourth-order valence-corrected chi connectivity index (χ4v) is 7.70. The van der Waals surface area contributed by atoms with E-state index in [0.29, 0.717) is 0 Å². The standard InChI is InChI=1S/C36H58N2O18/c1-16-22(37-17(2)39)28(46-6)32(50-10)35(52-16)55-27-20(15-44-4)54-36(33(51-11)30(27)48-8)56-26-19(14-43-3)53-34(31(49-9)29(26)47-7)38-21(40)13-12-18-23(41)24(42)25(18)45-5/h16,19-20,22,26-36H,12-15H2,1-11H3,(H,37,39)(H,38,40)/t16?,19?,20?,22-,26+,27+,28-,29-,30-,31?,32?,33?,34?,35+,36+/m1/s1. The Morgan fingerprint density at radius 3 is 1.61 bits per heavy atom. The van der Waals surface area contributed by atoms with Gasteiger partial charge in [-0.1, -0.05) is 0 Å². The average Bonchev–Trinajstić information content (AvgIpc) is 3.17. The Labute approximate surface area is 325 Å². The number of hydrogen-bond donors (Lipinski definition) is 2. The molecular weight excluding hydrogens is 748 g/mol. The molecule has 20 heteroatoms. The molecule has 3 heterocycles. The predicted molar refractivity (Wildman–Crippen MR) is 192 cm³/mol. The Bertz CT molecular complexity index is 1470. The van der Waals surface area contributed by atoms with E-state index in [1.165, 1.54) is 70.9 Å². The summed E-state index contributed by atoms with van der Waals surface area (Å²) in [6, 6.07) is -0.524. The van der Waals surface area contributed by atoms with Crippen molar-refractivity contribution in [2.45, 2.75) is 119 Å². The molecule has 0 saturated carbocycles. The second-order valence-corrected chi connectivity index (χ2v) is 13.6. The van der Waals surface area contributed by atoms with Gasteiger partial charge in [0, 0.05) is 70.2 Å². The molecule has 15 atom stereocenters. The topological polar surface area (TPSA) is 222 Å². The SMILES string of the molecule is COCC1OC(NC(=O)CCc2c(OC)c(=O)c2=O)C(OC)[C@H](OC)[C@H]1O[C@@H]1OC(COC)[C@H](O[C@@H]2OC(C)[C@@H](NC(C)=O)[C@@H](OC)C2OC)[C@@H](OC)C1OC. The van der Waals surface area contributed by atoms with Crippen LogP contribution in [-0.2, 0) is 77.6 Å². The third kappa shape index (κ3) is 9.93. The first kappa shape index (κ1) is 46.0. The van der Waals surface area contributed by atoms with Crippen molar-refractivity contribution < 1.29 is 75.9 Å². The van der Waals surface area contributed by atoms with Crippen LogP contribution in [0.2, 0.25) is 0 Å². The van der Waals surface area contributed by atoms with Crippen LogP contribution in [0.3, 0.4) is 0 Å². The third-order valence-corrected chi connectivity index (χ3v) is 10.3. The molecule has 1 aromatic carbocycles. The summed E-state index contributed by atoms with van der Waals surface area (Å²) in [4.78, 5) is 48.8. The molecule has 3 saturated heterocycles. The molecule has 2 amide bonds. The quantitative estimate of drug-likeness (QED) is 0.139. The molecule has 0 aromatic heterocycles. The lowest BCUT2D eigenvalue weighted by Gasteiger charge is -2.51. The fraction of sp³-hybridized carbons (Fsp3) is 0.833. The molecule has 320 valence electrons. The number of rotatable bonds is 20. The van der Waals surface area contributed by atoms with E-state index < -0.39 is 109 Å². The summed E-state index contributed by atoms with van der Waals surface area (Å²) in [5.74, 6) is -0.769. The van der Waals surface area contributed by atoms with E-state index in [1.54, 1.807) is 6.92 Å². The van der Waals surface area contributed by atoms with E-state index in [4.69, 9.17) is 66.3 Å². The van der Waals surface area contributed by atoms with E-state index in [1.807, 2.05) is 0 Å². The maximum absolute atomic E-state index is 13.1.